The highest BCUT2D eigenvalue weighted by Crippen LogP contribution is 2.23. The van der Waals surface area contributed by atoms with E-state index in [4.69, 9.17) is 5.73 Å². The summed E-state index contributed by atoms with van der Waals surface area (Å²) in [7, 11) is -3.25. The van der Waals surface area contributed by atoms with Crippen LogP contribution in [0.3, 0.4) is 0 Å². The van der Waals surface area contributed by atoms with Crippen molar-refractivity contribution >= 4 is 21.2 Å². The summed E-state index contributed by atoms with van der Waals surface area (Å²) in [5.41, 5.74) is 6.84. The van der Waals surface area contributed by atoms with Crippen LogP contribution in [0.2, 0.25) is 0 Å². The number of aliphatic hydroxyl groups is 1. The van der Waals surface area contributed by atoms with Gasteiger partial charge in [0.15, 0.2) is 9.84 Å². The molecule has 0 saturated carbocycles. The summed E-state index contributed by atoms with van der Waals surface area (Å²) in [5, 5.41) is 13.1. The second-order valence-corrected chi connectivity index (χ2v) is 7.06. The van der Waals surface area contributed by atoms with Gasteiger partial charge in [-0.05, 0) is 24.1 Å². The SMILES string of the molecule is CCC(CC)C(O)CNc1ccc(S(C)(=O)=O)cc1N. The first kappa shape index (κ1) is 16.8. The van der Waals surface area contributed by atoms with Gasteiger partial charge in [0.05, 0.1) is 22.4 Å². The Balaban J connectivity index is 2.75. The predicted molar refractivity (Wildman–Crippen MR) is 82.5 cm³/mol. The zero-order valence-corrected chi connectivity index (χ0v) is 13.1. The molecule has 0 radical (unpaired) electrons. The third-order valence-electron chi connectivity index (χ3n) is 3.55. The van der Waals surface area contributed by atoms with Crippen molar-refractivity contribution in [1.82, 2.24) is 0 Å². The summed E-state index contributed by atoms with van der Waals surface area (Å²) in [6.07, 6.45) is 2.54. The summed E-state index contributed by atoms with van der Waals surface area (Å²) < 4.78 is 22.8. The van der Waals surface area contributed by atoms with Crippen LogP contribution in [0.1, 0.15) is 26.7 Å². The Morgan fingerprint density at radius 1 is 1.30 bits per heavy atom. The Morgan fingerprint density at radius 3 is 2.35 bits per heavy atom. The number of benzene rings is 1. The van der Waals surface area contributed by atoms with Crippen LogP contribution in [0.15, 0.2) is 23.1 Å². The second kappa shape index (κ2) is 6.95. The number of nitrogens with one attached hydrogen (secondary N) is 1. The fraction of sp³-hybridized carbons (Fsp3) is 0.571. The van der Waals surface area contributed by atoms with Crippen LogP contribution in [0.4, 0.5) is 11.4 Å². The molecule has 0 aliphatic heterocycles. The van der Waals surface area contributed by atoms with Crippen LogP contribution in [-0.2, 0) is 9.84 Å². The van der Waals surface area contributed by atoms with Crippen molar-refractivity contribution in [2.75, 3.05) is 23.9 Å². The van der Waals surface area contributed by atoms with Crippen molar-refractivity contribution < 1.29 is 13.5 Å². The lowest BCUT2D eigenvalue weighted by molar-refractivity contribution is 0.114. The van der Waals surface area contributed by atoms with Gasteiger partial charge in [0.1, 0.15) is 0 Å². The largest absolute Gasteiger partial charge is 0.397 e. The molecule has 0 heterocycles. The fourth-order valence-corrected chi connectivity index (χ4v) is 2.80. The molecule has 0 aliphatic rings. The first-order valence-corrected chi connectivity index (χ1v) is 8.70. The van der Waals surface area contributed by atoms with Gasteiger partial charge in [-0.1, -0.05) is 26.7 Å². The number of nitrogen functional groups attached to an aromatic ring is 1. The quantitative estimate of drug-likeness (QED) is 0.669. The van der Waals surface area contributed by atoms with Gasteiger partial charge in [0.2, 0.25) is 0 Å². The summed E-state index contributed by atoms with van der Waals surface area (Å²) in [5.74, 6) is 0.249. The Morgan fingerprint density at radius 2 is 1.90 bits per heavy atom. The number of rotatable bonds is 7. The maximum Gasteiger partial charge on any atom is 0.175 e. The van der Waals surface area contributed by atoms with E-state index in [0.717, 1.165) is 19.1 Å². The Bertz CT molecular complexity index is 539. The maximum atomic E-state index is 11.4. The van der Waals surface area contributed by atoms with E-state index in [1.165, 1.54) is 12.1 Å². The third kappa shape index (κ3) is 4.38. The molecule has 20 heavy (non-hydrogen) atoms. The molecule has 4 N–H and O–H groups in total. The monoisotopic (exact) mass is 300 g/mol. The molecular formula is C14H24N2O3S. The molecule has 0 aliphatic carbocycles. The minimum absolute atomic E-state index is 0.195. The molecule has 1 unspecified atom stereocenters. The standard InChI is InChI=1S/C14H24N2O3S/c1-4-10(5-2)14(17)9-16-13-7-6-11(8-12(13)15)20(3,18)19/h6-8,10,14,16-17H,4-5,9,15H2,1-3H3. The average Bonchev–Trinajstić information content (AvgIpc) is 2.37. The van der Waals surface area contributed by atoms with Crippen LogP contribution >= 0.6 is 0 Å². The molecule has 6 heteroatoms. The molecule has 114 valence electrons. The van der Waals surface area contributed by atoms with E-state index in [9.17, 15) is 13.5 Å². The first-order valence-electron chi connectivity index (χ1n) is 6.81. The van der Waals surface area contributed by atoms with Crippen LogP contribution in [0, 0.1) is 5.92 Å². The van der Waals surface area contributed by atoms with Crippen molar-refractivity contribution in [3.05, 3.63) is 18.2 Å². The number of anilines is 2. The minimum atomic E-state index is -3.25. The van der Waals surface area contributed by atoms with Crippen molar-refractivity contribution in [3.8, 4) is 0 Å². The predicted octanol–water partition coefficient (Wildman–Crippen LogP) is 1.88. The van der Waals surface area contributed by atoms with E-state index in [-0.39, 0.29) is 10.8 Å². The summed E-state index contributed by atoms with van der Waals surface area (Å²) in [6, 6.07) is 4.57. The summed E-state index contributed by atoms with van der Waals surface area (Å²) in [4.78, 5) is 0.195. The van der Waals surface area contributed by atoms with E-state index >= 15 is 0 Å². The number of nitrogens with two attached hydrogens (primary N) is 1. The average molecular weight is 300 g/mol. The number of sulfone groups is 1. The summed E-state index contributed by atoms with van der Waals surface area (Å²) >= 11 is 0. The molecular weight excluding hydrogens is 276 g/mol. The highest BCUT2D eigenvalue weighted by molar-refractivity contribution is 7.90. The molecule has 1 rings (SSSR count). The van der Waals surface area contributed by atoms with Gasteiger partial charge < -0.3 is 16.2 Å². The lowest BCUT2D eigenvalue weighted by Crippen LogP contribution is -2.27. The highest BCUT2D eigenvalue weighted by atomic mass is 32.2. The van der Waals surface area contributed by atoms with Crippen LogP contribution in [0.25, 0.3) is 0 Å². The molecule has 0 fully saturated rings. The highest BCUT2D eigenvalue weighted by Gasteiger charge is 2.16. The van der Waals surface area contributed by atoms with Crippen molar-refractivity contribution in [2.24, 2.45) is 5.92 Å². The Kier molecular flexibility index (Phi) is 5.83. The van der Waals surface area contributed by atoms with Crippen molar-refractivity contribution in [1.29, 1.82) is 0 Å². The van der Waals surface area contributed by atoms with Crippen LogP contribution < -0.4 is 11.1 Å². The lowest BCUT2D eigenvalue weighted by Gasteiger charge is -2.21. The molecule has 1 atom stereocenters. The zero-order valence-electron chi connectivity index (χ0n) is 12.3. The van der Waals surface area contributed by atoms with E-state index in [2.05, 4.69) is 5.32 Å². The van der Waals surface area contributed by atoms with Gasteiger partial charge in [-0.15, -0.1) is 0 Å². The molecule has 1 aromatic carbocycles. The van der Waals surface area contributed by atoms with Gasteiger partial charge in [-0.2, -0.15) is 0 Å². The molecule has 0 amide bonds. The maximum absolute atomic E-state index is 11.4. The van der Waals surface area contributed by atoms with E-state index in [1.54, 1.807) is 6.07 Å². The Labute approximate surface area is 121 Å². The normalized spacial score (nSPS) is 13.4. The topological polar surface area (TPSA) is 92.4 Å². The number of hydrogen-bond donors (Lipinski definition) is 3. The lowest BCUT2D eigenvalue weighted by atomic mass is 9.96. The molecule has 1 aromatic rings. The van der Waals surface area contributed by atoms with Gasteiger partial charge in [0.25, 0.3) is 0 Å². The summed E-state index contributed by atoms with van der Waals surface area (Å²) in [6.45, 7) is 4.49. The van der Waals surface area contributed by atoms with Crippen molar-refractivity contribution in [3.63, 3.8) is 0 Å². The first-order chi connectivity index (χ1) is 9.29. The van der Waals surface area contributed by atoms with E-state index in [1.807, 2.05) is 13.8 Å². The third-order valence-corrected chi connectivity index (χ3v) is 4.66. The second-order valence-electron chi connectivity index (χ2n) is 5.05. The molecule has 0 bridgehead atoms. The Hall–Kier alpha value is -1.27. The van der Waals surface area contributed by atoms with Crippen molar-refractivity contribution in [2.45, 2.75) is 37.7 Å². The van der Waals surface area contributed by atoms with Crippen LogP contribution in [-0.4, -0.2) is 32.4 Å². The molecule has 0 spiro atoms. The fourth-order valence-electron chi connectivity index (χ4n) is 2.15. The minimum Gasteiger partial charge on any atom is -0.397 e. The van der Waals surface area contributed by atoms with E-state index < -0.39 is 15.9 Å². The van der Waals surface area contributed by atoms with Gasteiger partial charge in [-0.3, -0.25) is 0 Å². The molecule has 0 aromatic heterocycles. The van der Waals surface area contributed by atoms with Gasteiger partial charge >= 0.3 is 0 Å². The van der Waals surface area contributed by atoms with Gasteiger partial charge in [0, 0.05) is 12.8 Å². The number of aliphatic hydroxyl groups excluding tert-OH is 1. The van der Waals surface area contributed by atoms with E-state index in [0.29, 0.717) is 17.9 Å². The van der Waals surface area contributed by atoms with Crippen LogP contribution in [0.5, 0.6) is 0 Å². The smallest absolute Gasteiger partial charge is 0.175 e. The molecule has 0 saturated heterocycles. The van der Waals surface area contributed by atoms with Gasteiger partial charge in [-0.25, -0.2) is 8.42 Å². The zero-order chi connectivity index (χ0) is 15.3. The number of hydrogen-bond acceptors (Lipinski definition) is 5. The molecule has 5 nitrogen and oxygen atoms in total.